The van der Waals surface area contributed by atoms with Crippen LogP contribution in [0.3, 0.4) is 0 Å². The maximum Gasteiger partial charge on any atom is 0.332 e. The van der Waals surface area contributed by atoms with Gasteiger partial charge in [0.25, 0.3) is 5.56 Å². The minimum Gasteiger partial charge on any atom is -0.387 e. The van der Waals surface area contributed by atoms with Gasteiger partial charge in [0.05, 0.1) is 12.6 Å². The van der Waals surface area contributed by atoms with E-state index < -0.39 is 17.4 Å². The first-order valence-electron chi connectivity index (χ1n) is 9.71. The number of hydrogen-bond acceptors (Lipinski definition) is 6. The molecule has 1 atom stereocenters. The van der Waals surface area contributed by atoms with Crippen LogP contribution < -0.4 is 16.1 Å². The van der Waals surface area contributed by atoms with Crippen molar-refractivity contribution in [2.45, 2.75) is 12.6 Å². The molecule has 0 saturated carbocycles. The molecule has 2 aromatic heterocycles. The monoisotopic (exact) mass is 398 g/mol. The van der Waals surface area contributed by atoms with Gasteiger partial charge in [-0.2, -0.15) is 4.98 Å². The van der Waals surface area contributed by atoms with Crippen molar-refractivity contribution in [3.63, 3.8) is 0 Å². The van der Waals surface area contributed by atoms with Crippen LogP contribution in [0.25, 0.3) is 11.2 Å². The molecule has 0 amide bonds. The largest absolute Gasteiger partial charge is 0.387 e. The number of aryl methyl sites for hydroxylation is 1. The molecule has 1 aromatic carbocycles. The molecular formula is C20H26N6O3. The molecule has 1 aliphatic rings. The average Bonchev–Trinajstić information content (AvgIpc) is 3.11. The molecule has 0 bridgehead atoms. The Morgan fingerprint density at radius 2 is 1.66 bits per heavy atom. The van der Waals surface area contributed by atoms with Crippen molar-refractivity contribution in [1.29, 1.82) is 0 Å². The number of rotatable bonds is 4. The quantitative estimate of drug-likeness (QED) is 0.661. The third-order valence-corrected chi connectivity index (χ3v) is 5.65. The first-order chi connectivity index (χ1) is 13.9. The van der Waals surface area contributed by atoms with Crippen LogP contribution in [0.2, 0.25) is 0 Å². The third-order valence-electron chi connectivity index (χ3n) is 5.65. The second-order valence-electron chi connectivity index (χ2n) is 7.62. The molecule has 0 spiro atoms. The second kappa shape index (κ2) is 7.49. The zero-order chi connectivity index (χ0) is 20.7. The van der Waals surface area contributed by atoms with Crippen LogP contribution >= 0.6 is 0 Å². The standard InChI is InChI=1S/C20H26N6O3/c1-22-9-11-25(12-10-22)19-21-17-16(18(28)24(3)20(29)23(17)2)26(19)13-15(27)14-7-5-4-6-8-14/h4-8,15,27H,9-13H2,1-3H3/t15-/m0/s1. The fraction of sp³-hybridized carbons (Fsp3) is 0.450. The van der Waals surface area contributed by atoms with Crippen LogP contribution in [0.5, 0.6) is 0 Å². The normalized spacial score (nSPS) is 16.5. The predicted molar refractivity (Wildman–Crippen MR) is 111 cm³/mol. The third kappa shape index (κ3) is 3.36. The summed E-state index contributed by atoms with van der Waals surface area (Å²) in [6.07, 6.45) is -0.804. The SMILES string of the molecule is CN1CCN(c2nc3c(c(=O)n(C)c(=O)n3C)n2C[C@H](O)c2ccccc2)CC1. The lowest BCUT2D eigenvalue weighted by Gasteiger charge is -2.33. The van der Waals surface area contributed by atoms with Crippen molar-refractivity contribution in [1.82, 2.24) is 23.6 Å². The van der Waals surface area contributed by atoms with Crippen molar-refractivity contribution >= 4 is 17.1 Å². The first-order valence-corrected chi connectivity index (χ1v) is 9.71. The van der Waals surface area contributed by atoms with Crippen molar-refractivity contribution in [3.8, 4) is 0 Å². The highest BCUT2D eigenvalue weighted by Crippen LogP contribution is 2.24. The summed E-state index contributed by atoms with van der Waals surface area (Å²) in [7, 11) is 5.15. The highest BCUT2D eigenvalue weighted by atomic mass is 16.3. The number of aliphatic hydroxyl groups is 1. The van der Waals surface area contributed by atoms with Gasteiger partial charge in [0.2, 0.25) is 5.95 Å². The molecule has 1 saturated heterocycles. The Labute approximate surface area is 168 Å². The van der Waals surface area contributed by atoms with E-state index in [9.17, 15) is 14.7 Å². The molecule has 4 rings (SSSR count). The van der Waals surface area contributed by atoms with Gasteiger partial charge in [0, 0.05) is 40.3 Å². The van der Waals surface area contributed by atoms with Crippen molar-refractivity contribution in [3.05, 3.63) is 56.7 Å². The number of fused-ring (bicyclic) bond motifs is 1. The molecular weight excluding hydrogens is 372 g/mol. The Kier molecular flexibility index (Phi) is 5.01. The molecule has 1 aliphatic heterocycles. The summed E-state index contributed by atoms with van der Waals surface area (Å²) in [5.74, 6) is 0.612. The van der Waals surface area contributed by atoms with Crippen LogP contribution in [0.4, 0.5) is 5.95 Å². The second-order valence-corrected chi connectivity index (χ2v) is 7.62. The van der Waals surface area contributed by atoms with Gasteiger partial charge >= 0.3 is 5.69 Å². The van der Waals surface area contributed by atoms with Gasteiger partial charge < -0.3 is 19.5 Å². The van der Waals surface area contributed by atoms with E-state index in [-0.39, 0.29) is 6.54 Å². The molecule has 3 aromatic rings. The van der Waals surface area contributed by atoms with Crippen LogP contribution in [0, 0.1) is 0 Å². The fourth-order valence-corrected chi connectivity index (χ4v) is 3.81. The van der Waals surface area contributed by atoms with Crippen LogP contribution in [0.15, 0.2) is 39.9 Å². The molecule has 3 heterocycles. The number of hydrogen-bond donors (Lipinski definition) is 1. The van der Waals surface area contributed by atoms with E-state index in [1.165, 1.54) is 11.6 Å². The van der Waals surface area contributed by atoms with Crippen LogP contribution in [0.1, 0.15) is 11.7 Å². The van der Waals surface area contributed by atoms with Gasteiger partial charge in [0.1, 0.15) is 0 Å². The number of anilines is 1. The molecule has 154 valence electrons. The zero-order valence-electron chi connectivity index (χ0n) is 16.9. The minimum atomic E-state index is -0.804. The number of imidazole rings is 1. The summed E-state index contributed by atoms with van der Waals surface area (Å²) < 4.78 is 4.24. The zero-order valence-corrected chi connectivity index (χ0v) is 16.9. The Morgan fingerprint density at radius 1 is 1.00 bits per heavy atom. The summed E-state index contributed by atoms with van der Waals surface area (Å²) >= 11 is 0. The summed E-state index contributed by atoms with van der Waals surface area (Å²) in [5.41, 5.74) is 0.614. The summed E-state index contributed by atoms with van der Waals surface area (Å²) in [4.78, 5) is 34.4. The highest BCUT2D eigenvalue weighted by Gasteiger charge is 2.26. The van der Waals surface area contributed by atoms with Gasteiger partial charge in [-0.3, -0.25) is 13.9 Å². The Hall–Kier alpha value is -2.91. The lowest BCUT2D eigenvalue weighted by atomic mass is 10.1. The van der Waals surface area contributed by atoms with Crippen LogP contribution in [-0.2, 0) is 20.6 Å². The molecule has 0 radical (unpaired) electrons. The van der Waals surface area contributed by atoms with Gasteiger partial charge in [-0.25, -0.2) is 4.79 Å². The molecule has 9 nitrogen and oxygen atoms in total. The number of aromatic nitrogens is 4. The van der Waals surface area contributed by atoms with Crippen LogP contribution in [-0.4, -0.2) is 61.9 Å². The van der Waals surface area contributed by atoms with Gasteiger partial charge in [-0.05, 0) is 12.6 Å². The molecule has 29 heavy (non-hydrogen) atoms. The molecule has 9 heteroatoms. The number of aliphatic hydroxyl groups excluding tert-OH is 1. The summed E-state index contributed by atoms with van der Waals surface area (Å²) in [5, 5.41) is 10.8. The number of benzene rings is 1. The van der Waals surface area contributed by atoms with E-state index in [2.05, 4.69) is 21.8 Å². The number of likely N-dealkylation sites (N-methyl/N-ethyl adjacent to an activating group) is 1. The van der Waals surface area contributed by atoms with E-state index >= 15 is 0 Å². The smallest absolute Gasteiger partial charge is 0.332 e. The van der Waals surface area contributed by atoms with Gasteiger partial charge in [0.15, 0.2) is 11.2 Å². The Morgan fingerprint density at radius 3 is 2.31 bits per heavy atom. The lowest BCUT2D eigenvalue weighted by Crippen LogP contribution is -2.45. The van der Waals surface area contributed by atoms with Crippen molar-refractivity contribution in [2.24, 2.45) is 14.1 Å². The van der Waals surface area contributed by atoms with E-state index in [0.717, 1.165) is 36.3 Å². The van der Waals surface area contributed by atoms with Crippen molar-refractivity contribution < 1.29 is 5.11 Å². The van der Waals surface area contributed by atoms with E-state index in [1.54, 1.807) is 11.6 Å². The Balaban J connectivity index is 1.88. The fourth-order valence-electron chi connectivity index (χ4n) is 3.81. The highest BCUT2D eigenvalue weighted by molar-refractivity contribution is 5.74. The number of nitrogens with zero attached hydrogens (tertiary/aromatic N) is 6. The van der Waals surface area contributed by atoms with E-state index in [0.29, 0.717) is 17.1 Å². The first kappa shape index (κ1) is 19.4. The molecule has 0 unspecified atom stereocenters. The molecule has 1 N–H and O–H groups in total. The predicted octanol–water partition coefficient (Wildman–Crippen LogP) is -0.0809. The summed E-state index contributed by atoms with van der Waals surface area (Å²) in [6.45, 7) is 3.45. The molecule has 1 fully saturated rings. The molecule has 0 aliphatic carbocycles. The van der Waals surface area contributed by atoms with Gasteiger partial charge in [-0.15, -0.1) is 0 Å². The van der Waals surface area contributed by atoms with Gasteiger partial charge in [-0.1, -0.05) is 30.3 Å². The minimum absolute atomic E-state index is 0.176. The average molecular weight is 398 g/mol. The van der Waals surface area contributed by atoms with Crippen molar-refractivity contribution in [2.75, 3.05) is 38.1 Å². The maximum atomic E-state index is 13.0. The van der Waals surface area contributed by atoms with E-state index in [4.69, 9.17) is 0 Å². The Bertz CT molecular complexity index is 1140. The topological polar surface area (TPSA) is 88.5 Å². The van der Waals surface area contributed by atoms with E-state index in [1.807, 2.05) is 30.3 Å². The number of piperazine rings is 1. The summed E-state index contributed by atoms with van der Waals surface area (Å²) in [6, 6.07) is 9.34. The lowest BCUT2D eigenvalue weighted by molar-refractivity contribution is 0.158. The maximum absolute atomic E-state index is 13.0.